The summed E-state index contributed by atoms with van der Waals surface area (Å²) < 4.78 is 13.7. The number of aliphatic hydroxyl groups is 3. The lowest BCUT2D eigenvalue weighted by Crippen LogP contribution is -2.63. The molecule has 2 rings (SSSR count). The Kier molecular flexibility index (Phi) is 6.79. The van der Waals surface area contributed by atoms with E-state index in [1.165, 1.54) is 0 Å². The first-order valence-electron chi connectivity index (χ1n) is 9.23. The number of rotatable bonds is 7. The van der Waals surface area contributed by atoms with Crippen molar-refractivity contribution in [2.45, 2.75) is 77.6 Å². The van der Waals surface area contributed by atoms with Crippen LogP contribution in [0.1, 0.15) is 46.4 Å². The van der Waals surface area contributed by atoms with Crippen LogP contribution in [0.3, 0.4) is 0 Å². The van der Waals surface area contributed by atoms with Crippen LogP contribution in [0.15, 0.2) is 6.20 Å². The van der Waals surface area contributed by atoms with Gasteiger partial charge in [-0.3, -0.25) is 0 Å². The molecule has 0 bridgehead atoms. The van der Waals surface area contributed by atoms with Crippen LogP contribution in [-0.4, -0.2) is 73.5 Å². The Bertz CT molecular complexity index is 575. The van der Waals surface area contributed by atoms with Crippen LogP contribution in [0.25, 0.3) is 0 Å². The average Bonchev–Trinajstić information content (AvgIpc) is 3.00. The minimum Gasteiger partial charge on any atom is -0.394 e. The van der Waals surface area contributed by atoms with Gasteiger partial charge in [-0.15, -0.1) is 5.10 Å². The molecule has 6 unspecified atom stereocenters. The molecule has 26 heavy (non-hydrogen) atoms. The van der Waals surface area contributed by atoms with Gasteiger partial charge in [-0.1, -0.05) is 19.1 Å². The smallest absolute Gasteiger partial charge is 0.115 e. The van der Waals surface area contributed by atoms with E-state index < -0.39 is 30.0 Å². The van der Waals surface area contributed by atoms with E-state index in [0.29, 0.717) is 6.61 Å². The van der Waals surface area contributed by atoms with Crippen LogP contribution in [0.5, 0.6) is 0 Å². The Balaban J connectivity index is 2.07. The van der Waals surface area contributed by atoms with Crippen molar-refractivity contribution in [2.24, 2.45) is 11.8 Å². The summed E-state index contributed by atoms with van der Waals surface area (Å²) >= 11 is 0. The fraction of sp³-hybridized carbons (Fsp3) is 0.889. The number of aromatic nitrogens is 3. The van der Waals surface area contributed by atoms with Gasteiger partial charge in [0.25, 0.3) is 0 Å². The first-order valence-corrected chi connectivity index (χ1v) is 9.23. The molecule has 1 aromatic rings. The molecule has 0 spiro atoms. The predicted molar refractivity (Wildman–Crippen MR) is 95.6 cm³/mol. The highest BCUT2D eigenvalue weighted by Gasteiger charge is 2.50. The first kappa shape index (κ1) is 21.2. The van der Waals surface area contributed by atoms with Crippen LogP contribution in [-0.2, 0) is 9.47 Å². The van der Waals surface area contributed by atoms with Gasteiger partial charge >= 0.3 is 0 Å². The standard InChI is InChI=1S/C18H33N3O5/c1-10(2)14-13(8-22)26-17(16(24)15(14)23)18(5,6)25-9-12(4)21-7-11(3)19-20-21/h7,10,12-17,22-24H,8-9H2,1-6H3. The van der Waals surface area contributed by atoms with Crippen molar-refractivity contribution in [3.63, 3.8) is 0 Å². The van der Waals surface area contributed by atoms with Gasteiger partial charge in [0.1, 0.15) is 12.2 Å². The minimum absolute atomic E-state index is 0.0433. The van der Waals surface area contributed by atoms with Gasteiger partial charge in [-0.05, 0) is 33.6 Å². The first-order chi connectivity index (χ1) is 12.1. The molecule has 0 saturated carbocycles. The van der Waals surface area contributed by atoms with Gasteiger partial charge in [0.2, 0.25) is 0 Å². The third-order valence-corrected chi connectivity index (χ3v) is 5.21. The lowest BCUT2D eigenvalue weighted by Gasteiger charge is -2.49. The summed E-state index contributed by atoms with van der Waals surface area (Å²) in [4.78, 5) is 0. The summed E-state index contributed by atoms with van der Waals surface area (Å²) in [6.45, 7) is 11.5. The van der Waals surface area contributed by atoms with Crippen molar-refractivity contribution in [3.05, 3.63) is 11.9 Å². The van der Waals surface area contributed by atoms with Gasteiger partial charge in [0.05, 0.1) is 42.8 Å². The quantitative estimate of drug-likeness (QED) is 0.647. The second kappa shape index (κ2) is 8.31. The SMILES string of the molecule is Cc1cn(C(C)COC(C)(C)C2OC(CO)C(C(C)C)C(O)C2O)nn1. The maximum Gasteiger partial charge on any atom is 0.115 e. The molecule has 1 aromatic heterocycles. The van der Waals surface area contributed by atoms with Gasteiger partial charge in [0.15, 0.2) is 0 Å². The van der Waals surface area contributed by atoms with E-state index in [0.717, 1.165) is 5.69 Å². The zero-order valence-electron chi connectivity index (χ0n) is 16.5. The highest BCUT2D eigenvalue weighted by Crippen LogP contribution is 2.36. The Morgan fingerprint density at radius 3 is 2.42 bits per heavy atom. The molecule has 1 fully saturated rings. The largest absolute Gasteiger partial charge is 0.394 e. The number of ether oxygens (including phenoxy) is 2. The summed E-state index contributed by atoms with van der Waals surface area (Å²) in [7, 11) is 0. The Labute approximate surface area is 155 Å². The number of aryl methyl sites for hydroxylation is 1. The molecule has 1 aliphatic heterocycles. The molecule has 0 amide bonds. The molecule has 6 atom stereocenters. The predicted octanol–water partition coefficient (Wildman–Crippen LogP) is 0.696. The van der Waals surface area contributed by atoms with Crippen molar-refractivity contribution >= 4 is 0 Å². The summed E-state index contributed by atoms with van der Waals surface area (Å²) in [5, 5.41) is 38.9. The molecule has 8 heteroatoms. The van der Waals surface area contributed by atoms with Crippen LogP contribution in [0, 0.1) is 18.8 Å². The van der Waals surface area contributed by atoms with E-state index in [-0.39, 0.29) is 24.5 Å². The molecule has 3 N–H and O–H groups in total. The van der Waals surface area contributed by atoms with Crippen molar-refractivity contribution in [1.82, 2.24) is 15.0 Å². The zero-order valence-corrected chi connectivity index (χ0v) is 16.5. The molecule has 0 aromatic carbocycles. The minimum atomic E-state index is -1.09. The highest BCUT2D eigenvalue weighted by atomic mass is 16.6. The normalized spacial score (nSPS) is 31.4. The molecule has 1 aliphatic rings. The average molecular weight is 371 g/mol. The van der Waals surface area contributed by atoms with Crippen LogP contribution < -0.4 is 0 Å². The van der Waals surface area contributed by atoms with Crippen molar-refractivity contribution < 1.29 is 24.8 Å². The zero-order chi connectivity index (χ0) is 19.6. The molecular weight excluding hydrogens is 338 g/mol. The lowest BCUT2D eigenvalue weighted by atomic mass is 9.77. The van der Waals surface area contributed by atoms with E-state index in [9.17, 15) is 15.3 Å². The number of nitrogens with zero attached hydrogens (tertiary/aromatic N) is 3. The molecule has 1 saturated heterocycles. The van der Waals surface area contributed by atoms with E-state index in [1.54, 1.807) is 4.68 Å². The Morgan fingerprint density at radius 2 is 1.92 bits per heavy atom. The molecule has 0 aliphatic carbocycles. The number of aliphatic hydroxyl groups excluding tert-OH is 3. The molecule has 0 radical (unpaired) electrons. The van der Waals surface area contributed by atoms with Crippen LogP contribution in [0.2, 0.25) is 0 Å². The summed E-state index contributed by atoms with van der Waals surface area (Å²) in [5.41, 5.74) is -0.0320. The molecular formula is C18H33N3O5. The van der Waals surface area contributed by atoms with E-state index in [2.05, 4.69) is 10.3 Å². The number of hydrogen-bond acceptors (Lipinski definition) is 7. The van der Waals surface area contributed by atoms with Gasteiger partial charge in [-0.25, -0.2) is 4.68 Å². The highest BCUT2D eigenvalue weighted by molar-refractivity contribution is 4.99. The lowest BCUT2D eigenvalue weighted by molar-refractivity contribution is -0.265. The van der Waals surface area contributed by atoms with Gasteiger partial charge in [-0.2, -0.15) is 0 Å². The molecule has 2 heterocycles. The topological polar surface area (TPSA) is 110 Å². The van der Waals surface area contributed by atoms with E-state index in [1.807, 2.05) is 47.7 Å². The fourth-order valence-corrected chi connectivity index (χ4v) is 3.62. The van der Waals surface area contributed by atoms with Crippen molar-refractivity contribution in [3.8, 4) is 0 Å². The third kappa shape index (κ3) is 4.43. The fourth-order valence-electron chi connectivity index (χ4n) is 3.62. The summed E-state index contributed by atoms with van der Waals surface area (Å²) in [5.74, 6) is -0.267. The van der Waals surface area contributed by atoms with Gasteiger partial charge < -0.3 is 24.8 Å². The van der Waals surface area contributed by atoms with E-state index in [4.69, 9.17) is 9.47 Å². The maximum atomic E-state index is 10.6. The summed E-state index contributed by atoms with van der Waals surface area (Å²) in [6.07, 6.45) is -1.54. The second-order valence-corrected chi connectivity index (χ2v) is 8.18. The maximum absolute atomic E-state index is 10.6. The van der Waals surface area contributed by atoms with Crippen molar-refractivity contribution in [2.75, 3.05) is 13.2 Å². The molecule has 150 valence electrons. The Hall–Kier alpha value is -1.06. The summed E-state index contributed by atoms with van der Waals surface area (Å²) in [6, 6.07) is -0.0433. The molecule has 8 nitrogen and oxygen atoms in total. The number of hydrogen-bond donors (Lipinski definition) is 3. The van der Waals surface area contributed by atoms with Crippen molar-refractivity contribution in [1.29, 1.82) is 0 Å². The third-order valence-electron chi connectivity index (χ3n) is 5.21. The van der Waals surface area contributed by atoms with Gasteiger partial charge in [0, 0.05) is 12.1 Å². The Morgan fingerprint density at radius 1 is 1.27 bits per heavy atom. The van der Waals surface area contributed by atoms with Crippen LogP contribution >= 0.6 is 0 Å². The van der Waals surface area contributed by atoms with E-state index >= 15 is 0 Å². The second-order valence-electron chi connectivity index (χ2n) is 8.18. The van der Waals surface area contributed by atoms with Crippen LogP contribution in [0.4, 0.5) is 0 Å². The monoisotopic (exact) mass is 371 g/mol.